The summed E-state index contributed by atoms with van der Waals surface area (Å²) in [5.41, 5.74) is 3.45. The van der Waals surface area contributed by atoms with Gasteiger partial charge in [-0.3, -0.25) is 4.79 Å². The summed E-state index contributed by atoms with van der Waals surface area (Å²) < 4.78 is 10.5. The minimum absolute atomic E-state index is 0.0438. The van der Waals surface area contributed by atoms with E-state index in [0.717, 1.165) is 37.7 Å². The molecule has 2 aromatic rings. The normalized spacial score (nSPS) is 20.4. The van der Waals surface area contributed by atoms with Crippen LogP contribution < -0.4 is 5.32 Å². The summed E-state index contributed by atoms with van der Waals surface area (Å²) in [5.74, 6) is 0.662. The first-order valence-electron chi connectivity index (χ1n) is 11.7. The predicted octanol–water partition coefficient (Wildman–Crippen LogP) is 5.91. The first-order valence-corrected chi connectivity index (χ1v) is 11.7. The second-order valence-corrected chi connectivity index (χ2v) is 8.71. The molecule has 0 aliphatic heterocycles. The minimum atomic E-state index is -0.364. The lowest BCUT2D eigenvalue weighted by Crippen LogP contribution is -2.42. The molecule has 0 heterocycles. The number of rotatable bonds is 9. The van der Waals surface area contributed by atoms with Gasteiger partial charge in [-0.25, -0.2) is 4.79 Å². The van der Waals surface area contributed by atoms with Gasteiger partial charge in [0.2, 0.25) is 0 Å². The number of aryl methyl sites for hydroxylation is 1. The standard InChI is InChI=1S/C27H35NO4/c1-3-31-26(29)11-7-10-21-14-17-25(24(18-21)23-15-12-20(2)13-16-23)28-27(30)32-19-22-8-5-4-6-9-22/h4-6,8-9,12-13,15-16,21,24-25H,3,7,10-11,14,17-19H2,1-2H3,(H,28,30)/t21?,24-,25+/m0/s1. The van der Waals surface area contributed by atoms with E-state index in [1.807, 2.05) is 37.3 Å². The monoisotopic (exact) mass is 437 g/mol. The number of carbonyl (C=O) groups is 2. The van der Waals surface area contributed by atoms with Crippen molar-refractivity contribution in [3.05, 3.63) is 71.3 Å². The molecule has 1 unspecified atom stereocenters. The van der Waals surface area contributed by atoms with Gasteiger partial charge in [0.25, 0.3) is 0 Å². The van der Waals surface area contributed by atoms with Crippen LogP contribution >= 0.6 is 0 Å². The molecule has 5 nitrogen and oxygen atoms in total. The quantitative estimate of drug-likeness (QED) is 0.496. The Balaban J connectivity index is 1.58. The van der Waals surface area contributed by atoms with Gasteiger partial charge in [-0.2, -0.15) is 0 Å². The number of hydrogen-bond donors (Lipinski definition) is 1. The first-order chi connectivity index (χ1) is 15.5. The van der Waals surface area contributed by atoms with Crippen molar-refractivity contribution in [1.82, 2.24) is 5.32 Å². The van der Waals surface area contributed by atoms with Crippen molar-refractivity contribution in [2.75, 3.05) is 6.61 Å². The van der Waals surface area contributed by atoms with Crippen LogP contribution in [0.1, 0.15) is 68.1 Å². The third-order valence-electron chi connectivity index (χ3n) is 6.28. The van der Waals surface area contributed by atoms with Gasteiger partial charge in [-0.1, -0.05) is 60.2 Å². The molecule has 0 saturated heterocycles. The molecule has 0 spiro atoms. The molecular weight excluding hydrogens is 402 g/mol. The summed E-state index contributed by atoms with van der Waals surface area (Å²) in [4.78, 5) is 24.2. The second kappa shape index (κ2) is 12.3. The average molecular weight is 438 g/mol. The largest absolute Gasteiger partial charge is 0.466 e. The number of ether oxygens (including phenoxy) is 2. The molecule has 32 heavy (non-hydrogen) atoms. The number of alkyl carbamates (subject to hydrolysis) is 1. The molecule has 1 saturated carbocycles. The maximum atomic E-state index is 12.5. The lowest BCUT2D eigenvalue weighted by atomic mass is 9.73. The van der Waals surface area contributed by atoms with Crippen LogP contribution in [0.3, 0.4) is 0 Å². The fraction of sp³-hybridized carbons (Fsp3) is 0.481. The Bertz CT molecular complexity index is 850. The van der Waals surface area contributed by atoms with Gasteiger partial charge in [0.15, 0.2) is 0 Å². The van der Waals surface area contributed by atoms with Crippen LogP contribution in [-0.4, -0.2) is 24.7 Å². The molecule has 172 valence electrons. The fourth-order valence-corrected chi connectivity index (χ4v) is 4.56. The van der Waals surface area contributed by atoms with E-state index in [1.165, 1.54) is 11.1 Å². The maximum Gasteiger partial charge on any atom is 0.407 e. The van der Waals surface area contributed by atoms with Crippen molar-refractivity contribution in [2.45, 2.75) is 70.9 Å². The van der Waals surface area contributed by atoms with Crippen LogP contribution in [0, 0.1) is 12.8 Å². The number of benzene rings is 2. The molecule has 2 aromatic carbocycles. The summed E-state index contributed by atoms with van der Waals surface area (Å²) >= 11 is 0. The topological polar surface area (TPSA) is 64.6 Å². The summed E-state index contributed by atoms with van der Waals surface area (Å²) in [6, 6.07) is 18.4. The van der Waals surface area contributed by atoms with Crippen LogP contribution in [0.5, 0.6) is 0 Å². The number of hydrogen-bond acceptors (Lipinski definition) is 4. The Hall–Kier alpha value is -2.82. The zero-order valence-electron chi connectivity index (χ0n) is 19.2. The van der Waals surface area contributed by atoms with Crippen molar-refractivity contribution < 1.29 is 19.1 Å². The molecule has 1 N–H and O–H groups in total. The van der Waals surface area contributed by atoms with E-state index in [-0.39, 0.29) is 30.6 Å². The molecule has 1 aliphatic rings. The highest BCUT2D eigenvalue weighted by Gasteiger charge is 2.32. The summed E-state index contributed by atoms with van der Waals surface area (Å²) in [7, 11) is 0. The van der Waals surface area contributed by atoms with Gasteiger partial charge >= 0.3 is 12.1 Å². The van der Waals surface area contributed by atoms with Gasteiger partial charge < -0.3 is 14.8 Å². The second-order valence-electron chi connectivity index (χ2n) is 8.71. The summed E-state index contributed by atoms with van der Waals surface area (Å²) in [6.45, 7) is 4.62. The van der Waals surface area contributed by atoms with Crippen LogP contribution in [0.2, 0.25) is 0 Å². The van der Waals surface area contributed by atoms with Gasteiger partial charge in [0.05, 0.1) is 6.61 Å². The van der Waals surface area contributed by atoms with E-state index in [4.69, 9.17) is 9.47 Å². The van der Waals surface area contributed by atoms with E-state index >= 15 is 0 Å². The van der Waals surface area contributed by atoms with E-state index in [2.05, 4.69) is 36.5 Å². The highest BCUT2D eigenvalue weighted by Crippen LogP contribution is 2.38. The van der Waals surface area contributed by atoms with E-state index < -0.39 is 0 Å². The Morgan fingerprint density at radius 3 is 2.47 bits per heavy atom. The highest BCUT2D eigenvalue weighted by atomic mass is 16.5. The van der Waals surface area contributed by atoms with Crippen molar-refractivity contribution in [3.8, 4) is 0 Å². The molecule has 0 radical (unpaired) electrons. The Kier molecular flexibility index (Phi) is 9.14. The Morgan fingerprint density at radius 2 is 1.75 bits per heavy atom. The van der Waals surface area contributed by atoms with Gasteiger partial charge in [0, 0.05) is 18.4 Å². The predicted molar refractivity (Wildman–Crippen MR) is 125 cm³/mol. The molecule has 1 amide bonds. The number of nitrogens with one attached hydrogen (secondary N) is 1. The lowest BCUT2D eigenvalue weighted by molar-refractivity contribution is -0.143. The van der Waals surface area contributed by atoms with Crippen molar-refractivity contribution in [2.24, 2.45) is 5.92 Å². The average Bonchev–Trinajstić information content (AvgIpc) is 2.80. The third-order valence-corrected chi connectivity index (χ3v) is 6.28. The number of esters is 1. The van der Waals surface area contributed by atoms with Crippen LogP contribution in [0.4, 0.5) is 4.79 Å². The van der Waals surface area contributed by atoms with Crippen LogP contribution in [-0.2, 0) is 20.9 Å². The van der Waals surface area contributed by atoms with Crippen molar-refractivity contribution in [1.29, 1.82) is 0 Å². The lowest BCUT2D eigenvalue weighted by Gasteiger charge is -2.37. The summed E-state index contributed by atoms with van der Waals surface area (Å²) in [5, 5.41) is 3.13. The molecule has 0 aromatic heterocycles. The van der Waals surface area contributed by atoms with Crippen LogP contribution in [0.15, 0.2) is 54.6 Å². The minimum Gasteiger partial charge on any atom is -0.466 e. The van der Waals surface area contributed by atoms with Crippen LogP contribution in [0.25, 0.3) is 0 Å². The SMILES string of the molecule is CCOC(=O)CCCC1CC[C@@H](NC(=O)OCc2ccccc2)[C@H](c2ccc(C)cc2)C1. The molecule has 3 atom stereocenters. The maximum absolute atomic E-state index is 12.5. The zero-order valence-corrected chi connectivity index (χ0v) is 19.2. The first kappa shape index (κ1) is 23.8. The smallest absolute Gasteiger partial charge is 0.407 e. The Labute approximate surface area is 191 Å². The Morgan fingerprint density at radius 1 is 1.00 bits per heavy atom. The van der Waals surface area contributed by atoms with Gasteiger partial charge in [-0.15, -0.1) is 0 Å². The van der Waals surface area contributed by atoms with Gasteiger partial charge in [0.1, 0.15) is 6.61 Å². The molecule has 3 rings (SSSR count). The molecular formula is C27H35NO4. The number of amides is 1. The van der Waals surface area contributed by atoms with E-state index in [1.54, 1.807) is 0 Å². The van der Waals surface area contributed by atoms with Crippen molar-refractivity contribution in [3.63, 3.8) is 0 Å². The molecule has 1 aliphatic carbocycles. The third kappa shape index (κ3) is 7.40. The molecule has 1 fully saturated rings. The zero-order chi connectivity index (χ0) is 22.8. The highest BCUT2D eigenvalue weighted by molar-refractivity contribution is 5.69. The summed E-state index contributed by atoms with van der Waals surface area (Å²) in [6.07, 6.45) is 4.91. The van der Waals surface area contributed by atoms with E-state index in [9.17, 15) is 9.59 Å². The van der Waals surface area contributed by atoms with Gasteiger partial charge in [-0.05, 0) is 63.0 Å². The van der Waals surface area contributed by atoms with E-state index in [0.29, 0.717) is 18.9 Å². The number of carbonyl (C=O) groups excluding carboxylic acids is 2. The fourth-order valence-electron chi connectivity index (χ4n) is 4.56. The molecule has 0 bridgehead atoms. The molecule has 5 heteroatoms. The van der Waals surface area contributed by atoms with Crippen molar-refractivity contribution >= 4 is 12.1 Å².